The number of benzene rings is 2. The number of tetrazole rings is 1. The topological polar surface area (TPSA) is 55.6 Å². The second-order valence-electron chi connectivity index (χ2n) is 6.06. The van der Waals surface area contributed by atoms with Crippen LogP contribution in [-0.4, -0.2) is 33.3 Å². The van der Waals surface area contributed by atoms with Gasteiger partial charge in [0, 0.05) is 6.54 Å². The van der Waals surface area contributed by atoms with Gasteiger partial charge in [-0.05, 0) is 65.1 Å². The molecule has 2 aromatic carbocycles. The molecule has 2 heterocycles. The fourth-order valence-electron chi connectivity index (χ4n) is 3.46. The van der Waals surface area contributed by atoms with Crippen LogP contribution in [0.2, 0.25) is 0 Å². The molecule has 1 aromatic heterocycles. The van der Waals surface area contributed by atoms with E-state index in [0.29, 0.717) is 5.92 Å². The second kappa shape index (κ2) is 6.04. The fraction of sp³-hybridized carbons (Fsp3) is 0.353. The maximum absolute atomic E-state index is 13.4. The minimum Gasteiger partial charge on any atom is -0.316 e. The van der Waals surface area contributed by atoms with Gasteiger partial charge in [0.05, 0.1) is 0 Å². The van der Waals surface area contributed by atoms with Crippen molar-refractivity contribution in [3.05, 3.63) is 54.1 Å². The number of nitrogens with zero attached hydrogens (tertiary/aromatic N) is 4. The van der Waals surface area contributed by atoms with Crippen molar-refractivity contribution >= 4 is 10.8 Å². The first-order valence-electron chi connectivity index (χ1n) is 7.94. The lowest BCUT2D eigenvalue weighted by Gasteiger charge is -2.30. The number of halogens is 1. The Kier molecular flexibility index (Phi) is 3.75. The third-order valence-corrected chi connectivity index (χ3v) is 4.56. The lowest BCUT2D eigenvalue weighted by Crippen LogP contribution is -2.36. The number of hydrogen-bond acceptors (Lipinski definition) is 4. The Balaban J connectivity index is 1.77. The summed E-state index contributed by atoms with van der Waals surface area (Å²) in [6.45, 7) is 2.00. The van der Waals surface area contributed by atoms with Crippen LogP contribution >= 0.6 is 0 Å². The van der Waals surface area contributed by atoms with E-state index in [9.17, 15) is 4.39 Å². The lowest BCUT2D eigenvalue weighted by molar-refractivity contribution is 0.261. The van der Waals surface area contributed by atoms with E-state index >= 15 is 0 Å². The molecule has 1 aliphatic heterocycles. The van der Waals surface area contributed by atoms with E-state index in [0.717, 1.165) is 42.3 Å². The average molecular weight is 311 g/mol. The second-order valence-corrected chi connectivity index (χ2v) is 6.06. The summed E-state index contributed by atoms with van der Waals surface area (Å²) in [7, 11) is 0. The summed E-state index contributed by atoms with van der Waals surface area (Å²) in [5.74, 6) is 0.201. The first-order valence-corrected chi connectivity index (χ1v) is 7.94. The number of fused-ring (bicyclic) bond motifs is 1. The predicted octanol–water partition coefficient (Wildman–Crippen LogP) is 2.55. The molecule has 0 bridgehead atoms. The van der Waals surface area contributed by atoms with Crippen molar-refractivity contribution in [1.82, 2.24) is 25.5 Å². The maximum atomic E-state index is 13.4. The molecule has 4 rings (SSSR count). The van der Waals surface area contributed by atoms with E-state index < -0.39 is 0 Å². The summed E-state index contributed by atoms with van der Waals surface area (Å²) in [6, 6.07) is 11.0. The normalized spacial score (nSPS) is 19.8. The van der Waals surface area contributed by atoms with Crippen LogP contribution < -0.4 is 5.32 Å². The highest BCUT2D eigenvalue weighted by molar-refractivity contribution is 5.83. The molecule has 5 nitrogen and oxygen atoms in total. The Morgan fingerprint density at radius 1 is 1.17 bits per heavy atom. The molecule has 1 saturated heterocycles. The van der Waals surface area contributed by atoms with Crippen molar-refractivity contribution in [2.24, 2.45) is 5.92 Å². The monoisotopic (exact) mass is 311 g/mol. The minimum absolute atomic E-state index is 0.0414. The fourth-order valence-corrected chi connectivity index (χ4v) is 3.46. The molecule has 0 amide bonds. The molecule has 23 heavy (non-hydrogen) atoms. The molecule has 2 atom stereocenters. The molecule has 0 radical (unpaired) electrons. The van der Waals surface area contributed by atoms with Gasteiger partial charge in [0.1, 0.15) is 11.9 Å². The average Bonchev–Trinajstić information content (AvgIpc) is 3.10. The third-order valence-electron chi connectivity index (χ3n) is 4.56. The minimum atomic E-state index is -0.212. The van der Waals surface area contributed by atoms with Crippen molar-refractivity contribution in [3.63, 3.8) is 0 Å². The summed E-state index contributed by atoms with van der Waals surface area (Å²) >= 11 is 0. The van der Waals surface area contributed by atoms with Gasteiger partial charge in [0.2, 0.25) is 0 Å². The van der Waals surface area contributed by atoms with Gasteiger partial charge in [-0.3, -0.25) is 0 Å². The van der Waals surface area contributed by atoms with E-state index in [4.69, 9.17) is 0 Å². The van der Waals surface area contributed by atoms with Gasteiger partial charge >= 0.3 is 0 Å². The number of rotatable bonds is 3. The SMILES string of the molecule is Fc1ccc2cc(C(C3CCCNC3)n3ncnn3)ccc2c1. The van der Waals surface area contributed by atoms with Crippen LogP contribution in [0.25, 0.3) is 10.8 Å². The van der Waals surface area contributed by atoms with E-state index in [1.165, 1.54) is 12.4 Å². The van der Waals surface area contributed by atoms with E-state index in [2.05, 4.69) is 26.8 Å². The largest absolute Gasteiger partial charge is 0.316 e. The zero-order valence-electron chi connectivity index (χ0n) is 12.7. The predicted molar refractivity (Wildman–Crippen MR) is 85.5 cm³/mol. The number of hydrogen-bond donors (Lipinski definition) is 1. The molecular weight excluding hydrogens is 293 g/mol. The zero-order chi connectivity index (χ0) is 15.6. The smallest absolute Gasteiger partial charge is 0.162 e. The van der Waals surface area contributed by atoms with E-state index in [1.54, 1.807) is 10.9 Å². The molecular formula is C17H18FN5. The highest BCUT2D eigenvalue weighted by atomic mass is 19.1. The third kappa shape index (κ3) is 2.82. The standard InChI is InChI=1S/C17H18FN5/c18-16-6-5-12-8-14(4-3-13(12)9-16)17(23-21-11-20-22-23)15-2-1-7-19-10-15/h3-6,8-9,11,15,17,19H,1-2,7,10H2. The molecule has 0 spiro atoms. The van der Waals surface area contributed by atoms with Crippen molar-refractivity contribution in [3.8, 4) is 0 Å². The summed E-state index contributed by atoms with van der Waals surface area (Å²) < 4.78 is 13.4. The molecule has 118 valence electrons. The first kappa shape index (κ1) is 14.3. The van der Waals surface area contributed by atoms with Gasteiger partial charge in [-0.2, -0.15) is 4.80 Å². The molecule has 1 N–H and O–H groups in total. The molecule has 3 aromatic rings. The molecule has 1 fully saturated rings. The van der Waals surface area contributed by atoms with Gasteiger partial charge in [-0.15, -0.1) is 10.2 Å². The van der Waals surface area contributed by atoms with Crippen LogP contribution in [0.3, 0.4) is 0 Å². The van der Waals surface area contributed by atoms with Crippen LogP contribution in [-0.2, 0) is 0 Å². The highest BCUT2D eigenvalue weighted by Crippen LogP contribution is 2.31. The van der Waals surface area contributed by atoms with Crippen molar-refractivity contribution < 1.29 is 4.39 Å². The van der Waals surface area contributed by atoms with Crippen LogP contribution in [0.1, 0.15) is 24.4 Å². The van der Waals surface area contributed by atoms with Crippen molar-refractivity contribution in [1.29, 1.82) is 0 Å². The Labute approximate surface area is 133 Å². The molecule has 0 aliphatic carbocycles. The van der Waals surface area contributed by atoms with Gasteiger partial charge in [0.15, 0.2) is 6.33 Å². The molecule has 0 saturated carbocycles. The van der Waals surface area contributed by atoms with Gasteiger partial charge in [-0.1, -0.05) is 18.2 Å². The van der Waals surface area contributed by atoms with Crippen molar-refractivity contribution in [2.75, 3.05) is 13.1 Å². The summed E-state index contributed by atoms with van der Waals surface area (Å²) in [5, 5.41) is 17.7. The summed E-state index contributed by atoms with van der Waals surface area (Å²) in [6.07, 6.45) is 3.75. The van der Waals surface area contributed by atoms with Crippen LogP contribution in [0.5, 0.6) is 0 Å². The van der Waals surface area contributed by atoms with Gasteiger partial charge < -0.3 is 5.32 Å². The highest BCUT2D eigenvalue weighted by Gasteiger charge is 2.28. The first-order chi connectivity index (χ1) is 11.3. The quantitative estimate of drug-likeness (QED) is 0.807. The molecule has 1 aliphatic rings. The van der Waals surface area contributed by atoms with Crippen LogP contribution in [0.4, 0.5) is 4.39 Å². The van der Waals surface area contributed by atoms with E-state index in [-0.39, 0.29) is 11.9 Å². The Morgan fingerprint density at radius 3 is 2.83 bits per heavy atom. The lowest BCUT2D eigenvalue weighted by atomic mass is 9.87. The Morgan fingerprint density at radius 2 is 2.04 bits per heavy atom. The zero-order valence-corrected chi connectivity index (χ0v) is 12.7. The Hall–Kier alpha value is -2.34. The molecule has 6 heteroatoms. The summed E-state index contributed by atoms with van der Waals surface area (Å²) in [4.78, 5) is 1.70. The van der Waals surface area contributed by atoms with Crippen molar-refractivity contribution in [2.45, 2.75) is 18.9 Å². The molecule has 2 unspecified atom stereocenters. The maximum Gasteiger partial charge on any atom is 0.162 e. The van der Waals surface area contributed by atoms with Gasteiger partial charge in [-0.25, -0.2) is 4.39 Å². The summed E-state index contributed by atoms with van der Waals surface area (Å²) in [5.41, 5.74) is 1.14. The number of aromatic nitrogens is 4. The van der Waals surface area contributed by atoms with Crippen LogP contribution in [0.15, 0.2) is 42.7 Å². The van der Waals surface area contributed by atoms with Crippen LogP contribution in [0, 0.1) is 11.7 Å². The number of nitrogens with one attached hydrogen (secondary N) is 1. The number of piperidine rings is 1. The van der Waals surface area contributed by atoms with E-state index in [1.807, 2.05) is 18.2 Å². The Bertz CT molecular complexity index is 796. The van der Waals surface area contributed by atoms with Gasteiger partial charge in [0.25, 0.3) is 0 Å².